The third-order valence-electron chi connectivity index (χ3n) is 4.58. The topological polar surface area (TPSA) is 54.0 Å². The summed E-state index contributed by atoms with van der Waals surface area (Å²) in [5.74, 6) is 0.208. The average molecular weight is 341 g/mol. The first-order valence-corrected chi connectivity index (χ1v) is 8.73. The number of benzene rings is 1. The van der Waals surface area contributed by atoms with Gasteiger partial charge in [-0.2, -0.15) is 0 Å². The summed E-state index contributed by atoms with van der Waals surface area (Å²) in [6.07, 6.45) is 1.11. The molecule has 1 aromatic heterocycles. The van der Waals surface area contributed by atoms with Gasteiger partial charge in [0.05, 0.1) is 17.8 Å². The molecule has 1 saturated heterocycles. The molecule has 1 fully saturated rings. The number of carbonyl (C=O) groups is 1. The minimum atomic E-state index is -0.964. The number of aromatic nitrogens is 1. The lowest BCUT2D eigenvalue weighted by molar-refractivity contribution is -0.123. The van der Waals surface area contributed by atoms with Crippen molar-refractivity contribution in [1.82, 2.24) is 15.6 Å². The fourth-order valence-corrected chi connectivity index (χ4v) is 3.04. The molecule has 0 bridgehead atoms. The van der Waals surface area contributed by atoms with Crippen molar-refractivity contribution in [2.75, 3.05) is 6.54 Å². The van der Waals surface area contributed by atoms with Crippen molar-refractivity contribution in [3.8, 4) is 0 Å². The highest BCUT2D eigenvalue weighted by atomic mass is 19.1. The van der Waals surface area contributed by atoms with Crippen LogP contribution in [0.1, 0.15) is 49.0 Å². The number of hydrogen-bond acceptors (Lipinski definition) is 3. The van der Waals surface area contributed by atoms with Crippen LogP contribution in [0.2, 0.25) is 0 Å². The van der Waals surface area contributed by atoms with Gasteiger partial charge in [0, 0.05) is 19.2 Å². The molecule has 1 aliphatic rings. The summed E-state index contributed by atoms with van der Waals surface area (Å²) in [5.41, 5.74) is 2.88. The summed E-state index contributed by atoms with van der Waals surface area (Å²) < 4.78 is 13.4. The number of amides is 1. The van der Waals surface area contributed by atoms with Gasteiger partial charge in [0.2, 0.25) is 5.91 Å². The third-order valence-corrected chi connectivity index (χ3v) is 4.58. The normalized spacial score (nSPS) is 21.3. The molecule has 3 rings (SSSR count). The Morgan fingerprint density at radius 1 is 1.20 bits per heavy atom. The fourth-order valence-electron chi connectivity index (χ4n) is 3.04. The van der Waals surface area contributed by atoms with E-state index in [1.807, 2.05) is 48.7 Å². The van der Waals surface area contributed by atoms with Gasteiger partial charge in [-0.3, -0.25) is 9.78 Å². The van der Waals surface area contributed by atoms with Crippen molar-refractivity contribution in [2.24, 2.45) is 0 Å². The van der Waals surface area contributed by atoms with Gasteiger partial charge in [-0.15, -0.1) is 0 Å². The molecule has 0 spiro atoms. The monoisotopic (exact) mass is 341 g/mol. The lowest BCUT2D eigenvalue weighted by Crippen LogP contribution is -2.42. The molecule has 2 unspecified atom stereocenters. The van der Waals surface area contributed by atoms with Gasteiger partial charge in [-0.05, 0) is 23.1 Å². The van der Waals surface area contributed by atoms with Gasteiger partial charge in [0.25, 0.3) is 0 Å². The van der Waals surface area contributed by atoms with Crippen molar-refractivity contribution in [3.63, 3.8) is 0 Å². The molecular weight excluding hydrogens is 317 g/mol. The highest BCUT2D eigenvalue weighted by molar-refractivity contribution is 5.83. The van der Waals surface area contributed by atoms with Crippen LogP contribution in [0.5, 0.6) is 0 Å². The Morgan fingerprint density at radius 2 is 1.96 bits per heavy atom. The SMILES string of the molecule is CC(C)c1ccc([C@@H](NC(=O)C2CC(F)CN2)c2ccccc2)nc1. The maximum Gasteiger partial charge on any atom is 0.238 e. The Hall–Kier alpha value is -2.27. The van der Waals surface area contributed by atoms with Crippen LogP contribution in [-0.2, 0) is 4.79 Å². The molecule has 2 N–H and O–H groups in total. The lowest BCUT2D eigenvalue weighted by atomic mass is 10.00. The Labute approximate surface area is 147 Å². The van der Waals surface area contributed by atoms with E-state index < -0.39 is 12.2 Å². The van der Waals surface area contributed by atoms with E-state index in [2.05, 4.69) is 29.5 Å². The highest BCUT2D eigenvalue weighted by Gasteiger charge is 2.31. The summed E-state index contributed by atoms with van der Waals surface area (Å²) >= 11 is 0. The number of halogens is 1. The van der Waals surface area contributed by atoms with Crippen molar-refractivity contribution in [1.29, 1.82) is 0 Å². The highest BCUT2D eigenvalue weighted by Crippen LogP contribution is 2.23. The Bertz CT molecular complexity index is 703. The zero-order valence-electron chi connectivity index (χ0n) is 14.6. The second kappa shape index (κ2) is 7.74. The maximum atomic E-state index is 13.4. The Morgan fingerprint density at radius 3 is 2.52 bits per heavy atom. The van der Waals surface area contributed by atoms with Crippen LogP contribution in [0.3, 0.4) is 0 Å². The van der Waals surface area contributed by atoms with Crippen LogP contribution in [0.25, 0.3) is 0 Å². The zero-order chi connectivity index (χ0) is 17.8. The molecule has 3 atom stereocenters. The van der Waals surface area contributed by atoms with Crippen molar-refractivity contribution in [2.45, 2.75) is 44.4 Å². The van der Waals surface area contributed by atoms with E-state index in [9.17, 15) is 9.18 Å². The molecule has 1 amide bonds. The zero-order valence-corrected chi connectivity index (χ0v) is 14.6. The molecule has 4 nitrogen and oxygen atoms in total. The molecule has 1 aromatic carbocycles. The Kier molecular flexibility index (Phi) is 5.43. The first-order valence-electron chi connectivity index (χ1n) is 8.73. The van der Waals surface area contributed by atoms with Crippen molar-refractivity contribution < 1.29 is 9.18 Å². The number of nitrogens with one attached hydrogen (secondary N) is 2. The number of pyridine rings is 1. The quantitative estimate of drug-likeness (QED) is 0.879. The average Bonchev–Trinajstić information content (AvgIpc) is 3.07. The van der Waals surface area contributed by atoms with Gasteiger partial charge in [-0.25, -0.2) is 4.39 Å². The minimum Gasteiger partial charge on any atom is -0.342 e. The minimum absolute atomic E-state index is 0.191. The molecule has 132 valence electrons. The van der Waals surface area contributed by atoms with Gasteiger partial charge in [0.15, 0.2) is 0 Å². The van der Waals surface area contributed by atoms with Crippen molar-refractivity contribution in [3.05, 3.63) is 65.5 Å². The maximum absolute atomic E-state index is 13.4. The van der Waals surface area contributed by atoms with Gasteiger partial charge in [-0.1, -0.05) is 50.2 Å². The number of carbonyl (C=O) groups excluding carboxylic acids is 1. The molecular formula is C20H24FN3O. The molecule has 0 aliphatic carbocycles. The van der Waals surface area contributed by atoms with Crippen LogP contribution in [0.4, 0.5) is 4.39 Å². The summed E-state index contributed by atoms with van der Waals surface area (Å²) in [7, 11) is 0. The Balaban J connectivity index is 1.84. The summed E-state index contributed by atoms with van der Waals surface area (Å²) in [6.45, 7) is 4.47. The molecule has 0 saturated carbocycles. The largest absolute Gasteiger partial charge is 0.342 e. The predicted octanol–water partition coefficient (Wildman–Crippen LogP) is 3.11. The molecule has 1 aliphatic heterocycles. The molecule has 2 aromatic rings. The number of nitrogens with zero attached hydrogens (tertiary/aromatic N) is 1. The number of hydrogen-bond donors (Lipinski definition) is 2. The fraction of sp³-hybridized carbons (Fsp3) is 0.400. The smallest absolute Gasteiger partial charge is 0.238 e. The summed E-state index contributed by atoms with van der Waals surface area (Å²) in [5, 5.41) is 5.96. The molecule has 0 radical (unpaired) electrons. The van der Waals surface area contributed by atoms with Gasteiger partial charge < -0.3 is 10.6 Å². The van der Waals surface area contributed by atoms with E-state index in [0.29, 0.717) is 5.92 Å². The van der Waals surface area contributed by atoms with E-state index in [0.717, 1.165) is 16.8 Å². The third kappa shape index (κ3) is 4.23. The number of rotatable bonds is 5. The standard InChI is InChI=1S/C20H24FN3O/c1-13(2)15-8-9-17(22-11-15)19(14-6-4-3-5-7-14)24-20(25)18-10-16(21)12-23-18/h3-9,11,13,16,18-19,23H,10,12H2,1-2H3,(H,24,25)/t16?,18?,19-/m0/s1. The van der Waals surface area contributed by atoms with Crippen molar-refractivity contribution >= 4 is 5.91 Å². The first kappa shape index (κ1) is 17.5. The van der Waals surface area contributed by atoms with Gasteiger partial charge >= 0.3 is 0 Å². The van der Waals surface area contributed by atoms with Crippen LogP contribution >= 0.6 is 0 Å². The summed E-state index contributed by atoms with van der Waals surface area (Å²) in [6, 6.07) is 12.9. The van der Waals surface area contributed by atoms with Crippen LogP contribution in [-0.4, -0.2) is 29.6 Å². The predicted molar refractivity (Wildman–Crippen MR) is 96.1 cm³/mol. The summed E-state index contributed by atoms with van der Waals surface area (Å²) in [4.78, 5) is 17.1. The molecule has 5 heteroatoms. The van der Waals surface area contributed by atoms with Crippen LogP contribution in [0.15, 0.2) is 48.7 Å². The number of alkyl halides is 1. The van der Waals surface area contributed by atoms with E-state index in [1.165, 1.54) is 0 Å². The molecule has 2 heterocycles. The van der Waals surface area contributed by atoms with E-state index in [1.54, 1.807) is 0 Å². The lowest BCUT2D eigenvalue weighted by Gasteiger charge is -2.21. The second-order valence-corrected chi connectivity index (χ2v) is 6.82. The van der Waals surface area contributed by atoms with Crippen LogP contribution in [0, 0.1) is 0 Å². The van der Waals surface area contributed by atoms with Gasteiger partial charge in [0.1, 0.15) is 6.17 Å². The van der Waals surface area contributed by atoms with Crippen LogP contribution < -0.4 is 10.6 Å². The van der Waals surface area contributed by atoms with E-state index in [4.69, 9.17) is 0 Å². The first-order chi connectivity index (χ1) is 12.0. The molecule has 25 heavy (non-hydrogen) atoms. The van der Waals surface area contributed by atoms with E-state index >= 15 is 0 Å². The second-order valence-electron chi connectivity index (χ2n) is 6.82. The van der Waals surface area contributed by atoms with E-state index in [-0.39, 0.29) is 24.9 Å².